The molecule has 5 fully saturated rings. The summed E-state index contributed by atoms with van der Waals surface area (Å²) in [5, 5.41) is 12.2. The summed E-state index contributed by atoms with van der Waals surface area (Å²) in [7, 11) is 2.24. The first-order valence-electron chi connectivity index (χ1n) is 14.3. The number of fused-ring (bicyclic) bond motifs is 2. The minimum Gasteiger partial charge on any atom is -0.461 e. The molecule has 0 amide bonds. The van der Waals surface area contributed by atoms with E-state index in [9.17, 15) is 14.7 Å². The number of hydrogen-bond donors (Lipinski definition) is 1. The van der Waals surface area contributed by atoms with Crippen LogP contribution in [0.25, 0.3) is 0 Å². The van der Waals surface area contributed by atoms with Crippen molar-refractivity contribution in [3.05, 3.63) is 12.7 Å². The summed E-state index contributed by atoms with van der Waals surface area (Å²) in [5.41, 5.74) is -1.24. The van der Waals surface area contributed by atoms with Gasteiger partial charge < -0.3 is 14.7 Å². The number of rotatable bonds is 5. The van der Waals surface area contributed by atoms with Crippen LogP contribution in [-0.4, -0.2) is 64.1 Å². The molecule has 3 aliphatic carbocycles. The van der Waals surface area contributed by atoms with Crippen molar-refractivity contribution < 1.29 is 19.4 Å². The summed E-state index contributed by atoms with van der Waals surface area (Å²) in [5.74, 6) is 0.605. The van der Waals surface area contributed by atoms with Crippen LogP contribution in [0.5, 0.6) is 0 Å². The molecule has 1 N–H and O–H groups in total. The molecule has 2 heterocycles. The number of carbonyl (C=O) groups is 2. The topological polar surface area (TPSA) is 66.8 Å². The molecule has 0 aromatic carbocycles. The van der Waals surface area contributed by atoms with Gasteiger partial charge in [-0.15, -0.1) is 30.7 Å². The number of ketones is 1. The highest BCUT2D eigenvalue weighted by Crippen LogP contribution is 2.68. The van der Waals surface area contributed by atoms with Crippen LogP contribution in [0, 0.1) is 34.0 Å². The van der Waals surface area contributed by atoms with E-state index in [1.807, 2.05) is 6.08 Å². The Bertz CT molecular complexity index is 902. The van der Waals surface area contributed by atoms with Crippen molar-refractivity contribution >= 4 is 35.9 Å². The van der Waals surface area contributed by atoms with Gasteiger partial charge >= 0.3 is 5.97 Å². The zero-order valence-electron chi connectivity index (χ0n) is 23.4. The second kappa shape index (κ2) is 10.4. The lowest BCUT2D eigenvalue weighted by atomic mass is 9.44. The number of hydrogen-bond acceptors (Lipinski definition) is 6. The Hall–Kier alpha value is -0.560. The molecule has 2 unspecified atom stereocenters. The van der Waals surface area contributed by atoms with E-state index in [4.69, 9.17) is 4.74 Å². The summed E-state index contributed by atoms with van der Waals surface area (Å²) in [6, 6.07) is 1.31. The Balaban J connectivity index is 0.00000320. The highest BCUT2D eigenvalue weighted by Gasteiger charge is 2.68. The minimum atomic E-state index is -0.619. The van der Waals surface area contributed by atoms with Gasteiger partial charge in [0.2, 0.25) is 0 Å². The maximum atomic E-state index is 13.5. The molecule has 3 saturated carbocycles. The van der Waals surface area contributed by atoms with E-state index in [1.54, 1.807) is 11.8 Å². The molecular weight excluding hydrogens is 506 g/mol. The van der Waals surface area contributed by atoms with Crippen molar-refractivity contribution in [1.82, 2.24) is 4.90 Å². The number of aliphatic hydroxyl groups is 1. The average molecular weight is 554 g/mol. The van der Waals surface area contributed by atoms with Crippen molar-refractivity contribution in [2.45, 2.75) is 115 Å². The fourth-order valence-electron chi connectivity index (χ4n) is 9.38. The second-order valence-electron chi connectivity index (χ2n) is 13.5. The molecule has 4 bridgehead atoms. The van der Waals surface area contributed by atoms with Gasteiger partial charge in [0.15, 0.2) is 0 Å². The third kappa shape index (κ3) is 4.54. The molecule has 2 aliphatic heterocycles. The van der Waals surface area contributed by atoms with Gasteiger partial charge in [0.05, 0.1) is 11.9 Å². The lowest BCUT2D eigenvalue weighted by molar-refractivity contribution is -0.205. The van der Waals surface area contributed by atoms with Gasteiger partial charge in [-0.25, -0.2) is 0 Å². The molecule has 5 rings (SSSR count). The van der Waals surface area contributed by atoms with Gasteiger partial charge in [0.25, 0.3) is 0 Å². The summed E-state index contributed by atoms with van der Waals surface area (Å²) in [6.07, 6.45) is 9.58. The summed E-state index contributed by atoms with van der Waals surface area (Å²) in [4.78, 5) is 29.4. The molecule has 0 spiro atoms. The van der Waals surface area contributed by atoms with Gasteiger partial charge in [-0.1, -0.05) is 33.8 Å². The highest BCUT2D eigenvalue weighted by atomic mass is 35.5. The molecule has 11 atom stereocenters. The maximum Gasteiger partial charge on any atom is 0.316 e. The van der Waals surface area contributed by atoms with E-state index < -0.39 is 23.0 Å². The molecule has 37 heavy (non-hydrogen) atoms. The summed E-state index contributed by atoms with van der Waals surface area (Å²) in [6.45, 7) is 12.8. The molecule has 0 radical (unpaired) electrons. The molecule has 5 nitrogen and oxygen atoms in total. The number of thioether (sulfide) groups is 1. The molecule has 2 saturated heterocycles. The summed E-state index contributed by atoms with van der Waals surface area (Å²) < 4.78 is 6.42. The third-order valence-corrected chi connectivity index (χ3v) is 13.3. The smallest absolute Gasteiger partial charge is 0.316 e. The van der Waals surface area contributed by atoms with Crippen molar-refractivity contribution in [2.75, 3.05) is 12.8 Å². The molecule has 5 aliphatic rings. The SMILES string of the molecule is C=C[C@]1(C)C[C@@H](OC(=O)CSC2C[C@H]3CC[C@@H](C2)N3C)[C@]2(C)[C@H](C)CCC3(CCC(=O)[C@H]32)[C@@H](C)[C@@H]1O.Cl. The number of nitrogens with zero attached hydrogens (tertiary/aromatic N) is 1. The fraction of sp³-hybridized carbons (Fsp3) is 0.867. The van der Waals surface area contributed by atoms with Crippen LogP contribution in [0.2, 0.25) is 0 Å². The first-order chi connectivity index (χ1) is 17.0. The number of piperidine rings is 1. The number of aliphatic hydroxyl groups excluding tert-OH is 1. The largest absolute Gasteiger partial charge is 0.461 e. The Morgan fingerprint density at radius 3 is 2.46 bits per heavy atom. The Kier molecular flexibility index (Phi) is 8.31. The van der Waals surface area contributed by atoms with E-state index in [-0.39, 0.29) is 41.5 Å². The van der Waals surface area contributed by atoms with Crippen molar-refractivity contribution in [1.29, 1.82) is 0 Å². The molecule has 210 valence electrons. The van der Waals surface area contributed by atoms with Crippen LogP contribution in [0.15, 0.2) is 12.7 Å². The lowest BCUT2D eigenvalue weighted by Gasteiger charge is -2.61. The number of Topliss-reactive ketones (excluding diaryl/α,β-unsaturated/α-hetero) is 1. The van der Waals surface area contributed by atoms with Crippen LogP contribution < -0.4 is 0 Å². The van der Waals surface area contributed by atoms with E-state index in [0.717, 1.165) is 32.1 Å². The molecule has 7 heteroatoms. The summed E-state index contributed by atoms with van der Waals surface area (Å²) >= 11 is 1.76. The van der Waals surface area contributed by atoms with Crippen molar-refractivity contribution in [2.24, 2.45) is 34.0 Å². The van der Waals surface area contributed by atoms with Crippen LogP contribution in [0.4, 0.5) is 0 Å². The first kappa shape index (κ1) is 29.4. The highest BCUT2D eigenvalue weighted by molar-refractivity contribution is 8.00. The predicted molar refractivity (Wildman–Crippen MR) is 152 cm³/mol. The normalized spacial score (nSPS) is 49.4. The maximum absolute atomic E-state index is 13.5. The van der Waals surface area contributed by atoms with Crippen LogP contribution in [0.1, 0.15) is 85.5 Å². The van der Waals surface area contributed by atoms with Gasteiger partial charge in [-0.3, -0.25) is 9.59 Å². The second-order valence-corrected chi connectivity index (χ2v) is 14.8. The van der Waals surface area contributed by atoms with Gasteiger partial charge in [0.1, 0.15) is 11.9 Å². The van der Waals surface area contributed by atoms with Crippen LogP contribution >= 0.6 is 24.2 Å². The zero-order chi connectivity index (χ0) is 26.0. The Labute approximate surface area is 234 Å². The zero-order valence-corrected chi connectivity index (χ0v) is 25.0. The van der Waals surface area contributed by atoms with Gasteiger partial charge in [0, 0.05) is 40.5 Å². The van der Waals surface area contributed by atoms with Crippen LogP contribution in [0.3, 0.4) is 0 Å². The van der Waals surface area contributed by atoms with E-state index in [1.165, 1.54) is 12.8 Å². The quantitative estimate of drug-likeness (QED) is 0.349. The number of ether oxygens (including phenoxy) is 1. The minimum absolute atomic E-state index is 0. The molecule has 0 aromatic heterocycles. The van der Waals surface area contributed by atoms with Crippen molar-refractivity contribution in [3.63, 3.8) is 0 Å². The number of halogens is 1. The lowest BCUT2D eigenvalue weighted by Crippen LogP contribution is -2.63. The van der Waals surface area contributed by atoms with Crippen LogP contribution in [-0.2, 0) is 14.3 Å². The van der Waals surface area contributed by atoms with E-state index >= 15 is 0 Å². The molecular formula is C30H48ClNO4S. The Morgan fingerprint density at radius 2 is 1.84 bits per heavy atom. The fourth-order valence-corrected chi connectivity index (χ4v) is 10.5. The van der Waals surface area contributed by atoms with Crippen molar-refractivity contribution in [3.8, 4) is 0 Å². The monoisotopic (exact) mass is 553 g/mol. The standard InChI is InChI=1S/C30H47NO4S.ClH/c1-7-28(4)16-24(35-25(33)17-36-22-14-20-8-9-21(15-22)31(20)6)29(5)18(2)10-12-30(19(3)27(28)34)13-11-23(32)26(29)30;/h7,18-22,24,26-27,34H,1,8-17H2,2-6H3;1H/t18-,19+,20-,21+,22?,24-,26+,27+,28-,29+,30?;/m1./s1. The van der Waals surface area contributed by atoms with E-state index in [2.05, 4.69) is 46.2 Å². The number of esters is 1. The Morgan fingerprint density at radius 1 is 1.19 bits per heavy atom. The first-order valence-corrected chi connectivity index (χ1v) is 15.4. The third-order valence-electron chi connectivity index (χ3n) is 12.1. The van der Waals surface area contributed by atoms with Gasteiger partial charge in [-0.2, -0.15) is 0 Å². The number of carbonyl (C=O) groups excluding carboxylic acids is 2. The van der Waals surface area contributed by atoms with E-state index in [0.29, 0.717) is 41.7 Å². The average Bonchev–Trinajstić information content (AvgIpc) is 3.28. The van der Waals surface area contributed by atoms with Gasteiger partial charge in [-0.05, 0) is 75.7 Å². The molecule has 0 aromatic rings. The predicted octanol–water partition coefficient (Wildman–Crippen LogP) is 5.67.